The number of halogens is 2. The van der Waals surface area contributed by atoms with Gasteiger partial charge in [0, 0.05) is 18.0 Å². The fourth-order valence-electron chi connectivity index (χ4n) is 1.12. The Morgan fingerprint density at radius 2 is 2.25 bits per heavy atom. The summed E-state index contributed by atoms with van der Waals surface area (Å²) in [7, 11) is -1.10. The maximum absolute atomic E-state index is 13.0. The standard InChI is InChI=1S/C9H6BrFN2OS2/c1-16(14)9-7(10)13-8(15-9)5-2-6(11)4-12-3-5/h2-4H,1H3. The van der Waals surface area contributed by atoms with Crippen LogP contribution in [-0.4, -0.2) is 20.4 Å². The second-order valence-corrected chi connectivity index (χ2v) is 6.27. The van der Waals surface area contributed by atoms with Gasteiger partial charge in [0.15, 0.2) is 0 Å². The molecule has 1 atom stereocenters. The minimum absolute atomic E-state index is 0.414. The van der Waals surface area contributed by atoms with E-state index in [2.05, 4.69) is 25.9 Å². The van der Waals surface area contributed by atoms with E-state index in [1.165, 1.54) is 23.6 Å². The highest BCUT2D eigenvalue weighted by Gasteiger charge is 2.13. The van der Waals surface area contributed by atoms with Crippen molar-refractivity contribution in [1.29, 1.82) is 0 Å². The van der Waals surface area contributed by atoms with Crippen molar-refractivity contribution in [3.63, 3.8) is 0 Å². The van der Waals surface area contributed by atoms with Gasteiger partial charge in [0.2, 0.25) is 0 Å². The van der Waals surface area contributed by atoms with Crippen LogP contribution in [0.1, 0.15) is 0 Å². The van der Waals surface area contributed by atoms with Crippen molar-refractivity contribution >= 4 is 38.1 Å². The van der Waals surface area contributed by atoms with Gasteiger partial charge in [0.25, 0.3) is 0 Å². The summed E-state index contributed by atoms with van der Waals surface area (Å²) in [5.41, 5.74) is 0.586. The van der Waals surface area contributed by atoms with E-state index in [1.807, 2.05) is 0 Å². The summed E-state index contributed by atoms with van der Waals surface area (Å²) in [6, 6.07) is 1.35. The van der Waals surface area contributed by atoms with Crippen LogP contribution in [0, 0.1) is 5.82 Å². The number of thiazole rings is 1. The third kappa shape index (κ3) is 2.36. The van der Waals surface area contributed by atoms with Crippen LogP contribution in [0.2, 0.25) is 0 Å². The minimum Gasteiger partial charge on any atom is -0.261 e. The molecule has 0 saturated heterocycles. The highest BCUT2D eigenvalue weighted by Crippen LogP contribution is 2.32. The lowest BCUT2D eigenvalue weighted by molar-refractivity contribution is 0.622. The molecule has 0 aliphatic heterocycles. The lowest BCUT2D eigenvalue weighted by Gasteiger charge is -1.93. The van der Waals surface area contributed by atoms with Crippen molar-refractivity contribution in [2.45, 2.75) is 4.21 Å². The van der Waals surface area contributed by atoms with Gasteiger partial charge in [-0.15, -0.1) is 11.3 Å². The molecule has 0 saturated carbocycles. The predicted octanol–water partition coefficient (Wildman–Crippen LogP) is 2.84. The maximum atomic E-state index is 13.0. The zero-order valence-corrected chi connectivity index (χ0v) is 11.3. The van der Waals surface area contributed by atoms with Crippen molar-refractivity contribution in [2.24, 2.45) is 0 Å². The summed E-state index contributed by atoms with van der Waals surface area (Å²) < 4.78 is 25.5. The Kier molecular flexibility index (Phi) is 3.46. The fourth-order valence-corrected chi connectivity index (χ4v) is 4.00. The van der Waals surface area contributed by atoms with E-state index in [0.29, 0.717) is 19.4 Å². The molecular formula is C9H6BrFN2OS2. The van der Waals surface area contributed by atoms with Gasteiger partial charge >= 0.3 is 0 Å². The molecule has 16 heavy (non-hydrogen) atoms. The van der Waals surface area contributed by atoms with E-state index in [0.717, 1.165) is 6.20 Å². The molecule has 0 fully saturated rings. The summed E-state index contributed by atoms with van der Waals surface area (Å²) >= 11 is 4.49. The molecule has 2 rings (SSSR count). The van der Waals surface area contributed by atoms with Crippen molar-refractivity contribution in [3.05, 3.63) is 28.9 Å². The third-order valence-corrected chi connectivity index (χ3v) is 5.44. The first kappa shape index (κ1) is 11.8. The van der Waals surface area contributed by atoms with Crippen molar-refractivity contribution in [3.8, 4) is 10.6 Å². The highest BCUT2D eigenvalue weighted by molar-refractivity contribution is 9.10. The summed E-state index contributed by atoms with van der Waals surface area (Å²) in [5, 5.41) is 0.601. The Labute approximate surface area is 106 Å². The smallest absolute Gasteiger partial charge is 0.142 e. The molecule has 2 aromatic rings. The summed E-state index contributed by atoms with van der Waals surface area (Å²) in [6.07, 6.45) is 4.23. The molecule has 2 aromatic heterocycles. The molecule has 1 unspecified atom stereocenters. The SMILES string of the molecule is CS(=O)c1sc(-c2cncc(F)c2)nc1Br. The van der Waals surface area contributed by atoms with Gasteiger partial charge in [0.1, 0.15) is 19.6 Å². The first-order valence-corrected chi connectivity index (χ1v) is 7.35. The molecule has 3 nitrogen and oxygen atoms in total. The average Bonchev–Trinajstić information content (AvgIpc) is 2.60. The normalized spacial score (nSPS) is 12.7. The molecule has 0 bridgehead atoms. The second-order valence-electron chi connectivity index (χ2n) is 2.94. The molecule has 0 aliphatic rings. The van der Waals surface area contributed by atoms with E-state index in [-0.39, 0.29) is 0 Å². The van der Waals surface area contributed by atoms with Crippen LogP contribution in [0.4, 0.5) is 4.39 Å². The summed E-state index contributed by atoms with van der Waals surface area (Å²) in [4.78, 5) is 7.92. The number of aromatic nitrogens is 2. The zero-order valence-electron chi connectivity index (χ0n) is 8.11. The van der Waals surface area contributed by atoms with Crippen molar-refractivity contribution in [2.75, 3.05) is 6.26 Å². The molecule has 2 heterocycles. The van der Waals surface area contributed by atoms with Gasteiger partial charge in [0.05, 0.1) is 17.0 Å². The van der Waals surface area contributed by atoms with Gasteiger partial charge in [-0.05, 0) is 22.0 Å². The van der Waals surface area contributed by atoms with Crippen LogP contribution >= 0.6 is 27.3 Å². The Balaban J connectivity index is 2.49. The molecule has 0 aliphatic carbocycles. The molecule has 0 spiro atoms. The first-order chi connectivity index (χ1) is 7.58. The van der Waals surface area contributed by atoms with Crippen LogP contribution in [0.25, 0.3) is 10.6 Å². The van der Waals surface area contributed by atoms with Gasteiger partial charge < -0.3 is 0 Å². The summed E-state index contributed by atoms with van der Waals surface area (Å²) in [6.45, 7) is 0. The maximum Gasteiger partial charge on any atom is 0.142 e. The van der Waals surface area contributed by atoms with Crippen LogP contribution < -0.4 is 0 Å². The molecule has 84 valence electrons. The van der Waals surface area contributed by atoms with Crippen molar-refractivity contribution in [1.82, 2.24) is 9.97 Å². The highest BCUT2D eigenvalue weighted by atomic mass is 79.9. The monoisotopic (exact) mass is 320 g/mol. The lowest BCUT2D eigenvalue weighted by atomic mass is 10.3. The van der Waals surface area contributed by atoms with Crippen LogP contribution in [0.3, 0.4) is 0 Å². The summed E-state index contributed by atoms with van der Waals surface area (Å²) in [5.74, 6) is -0.414. The molecule has 0 amide bonds. The number of nitrogens with zero attached hydrogens (tertiary/aromatic N) is 2. The number of pyridine rings is 1. The molecule has 0 radical (unpaired) electrons. The number of hydrogen-bond acceptors (Lipinski definition) is 4. The Morgan fingerprint density at radius 3 is 2.81 bits per heavy atom. The minimum atomic E-state index is -1.10. The molecular weight excluding hydrogens is 315 g/mol. The largest absolute Gasteiger partial charge is 0.261 e. The van der Waals surface area contributed by atoms with Gasteiger partial charge in [-0.25, -0.2) is 9.37 Å². The van der Waals surface area contributed by atoms with E-state index in [1.54, 1.807) is 6.26 Å². The molecule has 7 heteroatoms. The fraction of sp³-hybridized carbons (Fsp3) is 0.111. The van der Waals surface area contributed by atoms with Gasteiger partial charge in [-0.2, -0.15) is 0 Å². The zero-order chi connectivity index (χ0) is 11.7. The van der Waals surface area contributed by atoms with E-state index in [9.17, 15) is 8.60 Å². The Morgan fingerprint density at radius 1 is 1.50 bits per heavy atom. The van der Waals surface area contributed by atoms with Crippen molar-refractivity contribution < 1.29 is 8.60 Å². The predicted molar refractivity (Wildman–Crippen MR) is 65.3 cm³/mol. The van der Waals surface area contributed by atoms with E-state index >= 15 is 0 Å². The second kappa shape index (κ2) is 4.68. The Bertz CT molecular complexity index is 558. The van der Waals surface area contributed by atoms with Gasteiger partial charge in [-0.1, -0.05) is 0 Å². The Hall–Kier alpha value is -0.660. The number of rotatable bonds is 2. The van der Waals surface area contributed by atoms with E-state index in [4.69, 9.17) is 0 Å². The quantitative estimate of drug-likeness (QED) is 0.854. The molecule has 0 N–H and O–H groups in total. The number of hydrogen-bond donors (Lipinski definition) is 0. The molecule has 0 aromatic carbocycles. The topological polar surface area (TPSA) is 42.9 Å². The van der Waals surface area contributed by atoms with Crippen LogP contribution in [-0.2, 0) is 10.8 Å². The van der Waals surface area contributed by atoms with Crippen LogP contribution in [0.15, 0.2) is 27.3 Å². The first-order valence-electron chi connectivity index (χ1n) is 4.18. The average molecular weight is 321 g/mol. The lowest BCUT2D eigenvalue weighted by Crippen LogP contribution is -1.82. The van der Waals surface area contributed by atoms with Gasteiger partial charge in [-0.3, -0.25) is 9.19 Å². The van der Waals surface area contributed by atoms with Crippen LogP contribution in [0.5, 0.6) is 0 Å². The third-order valence-electron chi connectivity index (χ3n) is 1.77. The van der Waals surface area contributed by atoms with E-state index < -0.39 is 16.6 Å².